The molecule has 10 aromatic carbocycles. The van der Waals surface area contributed by atoms with Gasteiger partial charge < -0.3 is 9.32 Å². The average Bonchev–Trinajstić information content (AvgIpc) is 3.91. The van der Waals surface area contributed by atoms with E-state index in [1.165, 1.54) is 98.5 Å². The Hall–Kier alpha value is -7.94. The number of para-hydroxylation sites is 3. The molecule has 2 heteroatoms. The van der Waals surface area contributed by atoms with Gasteiger partial charge in [-0.25, -0.2) is 0 Å². The van der Waals surface area contributed by atoms with Gasteiger partial charge in [0.2, 0.25) is 0 Å². The van der Waals surface area contributed by atoms with Crippen molar-refractivity contribution in [1.29, 1.82) is 0 Å². The Morgan fingerprint density at radius 1 is 0.426 bits per heavy atom. The van der Waals surface area contributed by atoms with E-state index >= 15 is 0 Å². The highest BCUT2D eigenvalue weighted by molar-refractivity contribution is 6.08. The third kappa shape index (κ3) is 6.54. The van der Waals surface area contributed by atoms with Crippen molar-refractivity contribution in [3.05, 3.63) is 247 Å². The van der Waals surface area contributed by atoms with Crippen LogP contribution in [0, 0.1) is 0 Å². The molecule has 1 unspecified atom stereocenters. The van der Waals surface area contributed by atoms with Crippen molar-refractivity contribution < 1.29 is 4.42 Å². The quantitative estimate of drug-likeness (QED) is 0.151. The Labute approximate surface area is 398 Å². The highest BCUT2D eigenvalue weighted by Gasteiger charge is 2.40. The van der Waals surface area contributed by atoms with Gasteiger partial charge in [0.05, 0.1) is 11.4 Å². The average molecular weight is 874 g/mol. The number of benzene rings is 10. The van der Waals surface area contributed by atoms with Gasteiger partial charge in [-0.2, -0.15) is 0 Å². The van der Waals surface area contributed by atoms with E-state index in [0.29, 0.717) is 5.92 Å². The van der Waals surface area contributed by atoms with E-state index < -0.39 is 0 Å². The SMILES string of the molecule is CC1(c2ccccc2)c2ccccc2-c2ccc(-c3ccc(N(c4ccccc4-c4ccc5oc6ccccc6c5c4)c4ccccc4-c4cccc5cccc(C6CCCCC6)c45)cc3)cc21. The molecule has 1 atom stereocenters. The summed E-state index contributed by atoms with van der Waals surface area (Å²) >= 11 is 0. The highest BCUT2D eigenvalue weighted by atomic mass is 16.3. The Morgan fingerprint density at radius 2 is 1.04 bits per heavy atom. The standard InChI is InChI=1S/C66H51NO/c1-66(49-22-6-3-7-23-49)59-30-12-8-25-53(59)54-40-36-47(43-60(54)66)44-34-38-50(39-35-44)67(61-31-13-9-24-51(61)48-37-41-64-58(42-48)56-27-11-15-33-63(56)68-64)62-32-14-10-26-55(62)57-29-17-21-46-20-16-28-52(65(46)57)45-18-4-2-5-19-45/h3,6-17,20-43,45H,2,4-5,18-19H2,1H3. The molecule has 13 rings (SSSR count). The molecule has 0 bridgehead atoms. The zero-order valence-corrected chi connectivity index (χ0v) is 38.3. The lowest BCUT2D eigenvalue weighted by atomic mass is 9.74. The molecule has 1 saturated carbocycles. The van der Waals surface area contributed by atoms with E-state index in [1.54, 1.807) is 0 Å². The van der Waals surface area contributed by atoms with Gasteiger partial charge in [0.1, 0.15) is 11.2 Å². The molecule has 1 heterocycles. The summed E-state index contributed by atoms with van der Waals surface area (Å²) in [6.07, 6.45) is 6.43. The second-order valence-corrected chi connectivity index (χ2v) is 19.1. The number of fused-ring (bicyclic) bond motifs is 7. The van der Waals surface area contributed by atoms with Crippen LogP contribution < -0.4 is 4.90 Å². The lowest BCUT2D eigenvalue weighted by Crippen LogP contribution is -2.22. The molecule has 2 aliphatic carbocycles. The van der Waals surface area contributed by atoms with E-state index in [1.807, 2.05) is 6.07 Å². The fraction of sp³-hybridized carbons (Fsp3) is 0.121. The molecule has 2 aliphatic rings. The van der Waals surface area contributed by atoms with Gasteiger partial charge >= 0.3 is 0 Å². The molecule has 2 nitrogen and oxygen atoms in total. The molecule has 0 amide bonds. The molecule has 0 N–H and O–H groups in total. The number of hydrogen-bond donors (Lipinski definition) is 0. The van der Waals surface area contributed by atoms with Gasteiger partial charge in [-0.15, -0.1) is 0 Å². The summed E-state index contributed by atoms with van der Waals surface area (Å²) in [5.41, 5.74) is 20.2. The Balaban J connectivity index is 0.986. The first-order valence-electron chi connectivity index (χ1n) is 24.4. The predicted molar refractivity (Wildman–Crippen MR) is 285 cm³/mol. The Bertz CT molecular complexity index is 3680. The zero-order chi connectivity index (χ0) is 45.2. The van der Waals surface area contributed by atoms with Crippen molar-refractivity contribution in [2.24, 2.45) is 0 Å². The maximum absolute atomic E-state index is 6.32. The maximum atomic E-state index is 6.32. The van der Waals surface area contributed by atoms with Crippen LogP contribution in [-0.4, -0.2) is 0 Å². The minimum absolute atomic E-state index is 0.266. The van der Waals surface area contributed by atoms with Crippen molar-refractivity contribution in [1.82, 2.24) is 0 Å². The molecular weight excluding hydrogens is 823 g/mol. The van der Waals surface area contributed by atoms with Crippen molar-refractivity contribution in [3.8, 4) is 44.5 Å². The lowest BCUT2D eigenvalue weighted by molar-refractivity contribution is 0.445. The maximum Gasteiger partial charge on any atom is 0.135 e. The van der Waals surface area contributed by atoms with E-state index in [9.17, 15) is 0 Å². The number of furan rings is 1. The van der Waals surface area contributed by atoms with Crippen molar-refractivity contribution in [2.75, 3.05) is 4.90 Å². The third-order valence-electron chi connectivity index (χ3n) is 15.4. The molecule has 0 saturated heterocycles. The smallest absolute Gasteiger partial charge is 0.135 e. The molecule has 326 valence electrons. The first-order valence-corrected chi connectivity index (χ1v) is 24.4. The van der Waals surface area contributed by atoms with Crippen LogP contribution in [0.2, 0.25) is 0 Å². The number of rotatable bonds is 8. The van der Waals surface area contributed by atoms with Gasteiger partial charge in [-0.05, 0) is 141 Å². The van der Waals surface area contributed by atoms with Crippen molar-refractivity contribution in [2.45, 2.75) is 50.4 Å². The lowest BCUT2D eigenvalue weighted by Gasteiger charge is -2.31. The molecule has 1 fully saturated rings. The fourth-order valence-corrected chi connectivity index (χ4v) is 12.0. The number of nitrogens with zero attached hydrogens (tertiary/aromatic N) is 1. The predicted octanol–water partition coefficient (Wildman–Crippen LogP) is 18.6. The molecule has 68 heavy (non-hydrogen) atoms. The van der Waals surface area contributed by atoms with Crippen LogP contribution in [0.5, 0.6) is 0 Å². The van der Waals surface area contributed by atoms with Gasteiger partial charge in [0.25, 0.3) is 0 Å². The third-order valence-corrected chi connectivity index (χ3v) is 15.4. The summed E-state index contributed by atoms with van der Waals surface area (Å²) < 4.78 is 6.32. The Kier molecular flexibility index (Phi) is 9.75. The number of hydrogen-bond acceptors (Lipinski definition) is 2. The van der Waals surface area contributed by atoms with Crippen LogP contribution >= 0.6 is 0 Å². The van der Waals surface area contributed by atoms with Crippen LogP contribution in [0.25, 0.3) is 77.2 Å². The molecule has 11 aromatic rings. The zero-order valence-electron chi connectivity index (χ0n) is 38.3. The van der Waals surface area contributed by atoms with Crippen LogP contribution in [0.4, 0.5) is 17.1 Å². The van der Waals surface area contributed by atoms with E-state index in [2.05, 4.69) is 230 Å². The summed E-state index contributed by atoms with van der Waals surface area (Å²) in [6, 6.07) is 83.2. The van der Waals surface area contributed by atoms with Crippen LogP contribution in [0.3, 0.4) is 0 Å². The first-order chi connectivity index (χ1) is 33.6. The normalized spacial score (nSPS) is 15.7. The van der Waals surface area contributed by atoms with Gasteiger partial charge in [0, 0.05) is 33.0 Å². The summed E-state index contributed by atoms with van der Waals surface area (Å²) in [5.74, 6) is 0.568. The largest absolute Gasteiger partial charge is 0.456 e. The molecule has 0 spiro atoms. The summed E-state index contributed by atoms with van der Waals surface area (Å²) in [4.78, 5) is 2.50. The summed E-state index contributed by atoms with van der Waals surface area (Å²) in [6.45, 7) is 2.40. The van der Waals surface area contributed by atoms with Gasteiger partial charge in [0.15, 0.2) is 0 Å². The highest BCUT2D eigenvalue weighted by Crippen LogP contribution is 2.54. The molecule has 1 aromatic heterocycles. The summed E-state index contributed by atoms with van der Waals surface area (Å²) in [5, 5.41) is 4.94. The monoisotopic (exact) mass is 873 g/mol. The fourth-order valence-electron chi connectivity index (χ4n) is 12.0. The second kappa shape index (κ2) is 16.4. The minimum atomic E-state index is -0.266. The van der Waals surface area contributed by atoms with Crippen molar-refractivity contribution in [3.63, 3.8) is 0 Å². The van der Waals surface area contributed by atoms with Crippen LogP contribution in [-0.2, 0) is 5.41 Å². The molecule has 0 radical (unpaired) electrons. The number of anilines is 3. The van der Waals surface area contributed by atoms with E-state index in [0.717, 1.165) is 50.1 Å². The minimum Gasteiger partial charge on any atom is -0.456 e. The summed E-state index contributed by atoms with van der Waals surface area (Å²) in [7, 11) is 0. The first kappa shape index (κ1) is 40.3. The van der Waals surface area contributed by atoms with Crippen LogP contribution in [0.1, 0.15) is 67.2 Å². The Morgan fingerprint density at radius 3 is 1.87 bits per heavy atom. The van der Waals surface area contributed by atoms with E-state index in [-0.39, 0.29) is 5.41 Å². The van der Waals surface area contributed by atoms with Gasteiger partial charge in [-0.1, -0.05) is 195 Å². The van der Waals surface area contributed by atoms with Crippen molar-refractivity contribution >= 4 is 49.8 Å². The van der Waals surface area contributed by atoms with Gasteiger partial charge in [-0.3, -0.25) is 0 Å². The molecular formula is C66H51NO. The second-order valence-electron chi connectivity index (χ2n) is 19.1. The molecule has 0 aliphatic heterocycles. The van der Waals surface area contributed by atoms with E-state index in [4.69, 9.17) is 4.42 Å². The van der Waals surface area contributed by atoms with Crippen LogP contribution in [0.15, 0.2) is 229 Å². The topological polar surface area (TPSA) is 16.4 Å².